The maximum atomic E-state index is 14.7. The summed E-state index contributed by atoms with van der Waals surface area (Å²) < 4.78 is 56.8. The molecule has 3 heterocycles. The molecular formula is C23H26F4N4. The number of alkyl halides is 3. The Balaban J connectivity index is 2.05. The van der Waals surface area contributed by atoms with Crippen molar-refractivity contribution in [3.63, 3.8) is 0 Å². The van der Waals surface area contributed by atoms with Gasteiger partial charge in [-0.25, -0.2) is 9.37 Å². The van der Waals surface area contributed by atoms with Crippen molar-refractivity contribution < 1.29 is 17.6 Å². The van der Waals surface area contributed by atoms with Crippen LogP contribution in [0.2, 0.25) is 0 Å². The zero-order valence-electron chi connectivity index (χ0n) is 17.8. The molecule has 0 aromatic carbocycles. The molecule has 166 valence electrons. The third-order valence-corrected chi connectivity index (χ3v) is 5.32. The number of nitrogens with zero attached hydrogens (tertiary/aromatic N) is 4. The highest BCUT2D eigenvalue weighted by molar-refractivity contribution is 5.77. The van der Waals surface area contributed by atoms with Gasteiger partial charge in [0.05, 0.1) is 23.0 Å². The zero-order valence-corrected chi connectivity index (χ0v) is 17.8. The van der Waals surface area contributed by atoms with Crippen LogP contribution in [-0.4, -0.2) is 28.0 Å². The highest BCUT2D eigenvalue weighted by atomic mass is 19.4. The van der Waals surface area contributed by atoms with Crippen molar-refractivity contribution >= 4 is 11.4 Å². The number of rotatable bonds is 6. The summed E-state index contributed by atoms with van der Waals surface area (Å²) in [6.45, 7) is 3.69. The Hall–Kier alpha value is -2.90. The van der Waals surface area contributed by atoms with Gasteiger partial charge in [-0.3, -0.25) is 4.68 Å². The first-order chi connectivity index (χ1) is 14.8. The van der Waals surface area contributed by atoms with Gasteiger partial charge in [-0.1, -0.05) is 25.1 Å². The molecule has 1 aliphatic rings. The Kier molecular flexibility index (Phi) is 6.97. The van der Waals surface area contributed by atoms with Crippen LogP contribution < -0.4 is 4.90 Å². The minimum absolute atomic E-state index is 0.0620. The lowest BCUT2D eigenvalue weighted by Gasteiger charge is -2.32. The van der Waals surface area contributed by atoms with Gasteiger partial charge in [0.15, 0.2) is 0 Å². The lowest BCUT2D eigenvalue weighted by molar-refractivity contribution is -0.0883. The summed E-state index contributed by atoms with van der Waals surface area (Å²) in [5, 5.41) is 4.47. The van der Waals surface area contributed by atoms with Gasteiger partial charge >= 0.3 is 6.18 Å². The van der Waals surface area contributed by atoms with E-state index in [0.29, 0.717) is 6.54 Å². The molecule has 0 aliphatic carbocycles. The molecule has 2 aromatic heterocycles. The summed E-state index contributed by atoms with van der Waals surface area (Å²) in [5.41, 5.74) is -0.0220. The van der Waals surface area contributed by atoms with E-state index in [-0.39, 0.29) is 23.7 Å². The van der Waals surface area contributed by atoms with Crippen LogP contribution in [0.1, 0.15) is 50.5 Å². The van der Waals surface area contributed by atoms with E-state index >= 15 is 0 Å². The van der Waals surface area contributed by atoms with E-state index in [2.05, 4.69) is 10.1 Å². The number of hydrogen-bond donors (Lipinski definition) is 0. The van der Waals surface area contributed by atoms with Crippen LogP contribution in [0.4, 0.5) is 23.4 Å². The van der Waals surface area contributed by atoms with Crippen molar-refractivity contribution in [1.29, 1.82) is 0 Å². The second kappa shape index (κ2) is 9.49. The fraction of sp³-hybridized carbons (Fsp3) is 0.391. The van der Waals surface area contributed by atoms with Crippen molar-refractivity contribution in [2.24, 2.45) is 0 Å². The maximum Gasteiger partial charge on any atom is 0.416 e. The molecule has 0 amide bonds. The first kappa shape index (κ1) is 22.8. The summed E-state index contributed by atoms with van der Waals surface area (Å²) in [4.78, 5) is 6.40. The van der Waals surface area contributed by atoms with Crippen molar-refractivity contribution in [2.75, 3.05) is 11.9 Å². The van der Waals surface area contributed by atoms with Crippen LogP contribution in [0.15, 0.2) is 60.1 Å². The van der Waals surface area contributed by atoms with Crippen molar-refractivity contribution in [3.8, 4) is 0 Å². The van der Waals surface area contributed by atoms with Crippen LogP contribution in [0.25, 0.3) is 5.57 Å². The van der Waals surface area contributed by atoms with Gasteiger partial charge in [0.25, 0.3) is 0 Å². The molecule has 0 N–H and O–H groups in total. The summed E-state index contributed by atoms with van der Waals surface area (Å²) in [5.74, 6) is 0.0423. The van der Waals surface area contributed by atoms with E-state index in [4.69, 9.17) is 0 Å². The topological polar surface area (TPSA) is 34.0 Å². The van der Waals surface area contributed by atoms with Gasteiger partial charge < -0.3 is 4.90 Å². The van der Waals surface area contributed by atoms with Crippen LogP contribution in [0, 0.1) is 0 Å². The number of fused-ring (bicyclic) bond motifs is 1. The summed E-state index contributed by atoms with van der Waals surface area (Å²) in [6.07, 6.45) is 2.07. The minimum atomic E-state index is -4.57. The highest BCUT2D eigenvalue weighted by Crippen LogP contribution is 2.37. The quantitative estimate of drug-likeness (QED) is 0.389. The molecule has 2 aromatic rings. The first-order valence-electron chi connectivity index (χ1n) is 10.3. The predicted octanol–water partition coefficient (Wildman–Crippen LogP) is 6.40. The molecule has 0 fully saturated rings. The van der Waals surface area contributed by atoms with Gasteiger partial charge in [-0.15, -0.1) is 0 Å². The fourth-order valence-electron chi connectivity index (χ4n) is 3.76. The summed E-state index contributed by atoms with van der Waals surface area (Å²) in [6, 6.07) is 7.25. The van der Waals surface area contributed by atoms with E-state index in [9.17, 15) is 17.6 Å². The first-order valence-corrected chi connectivity index (χ1v) is 10.3. The third-order valence-electron chi connectivity index (χ3n) is 5.32. The van der Waals surface area contributed by atoms with Crippen molar-refractivity contribution in [3.05, 3.63) is 71.5 Å². The largest absolute Gasteiger partial charge is 0.416 e. The minimum Gasteiger partial charge on any atom is -0.351 e. The molecule has 8 heteroatoms. The highest BCUT2D eigenvalue weighted by Gasteiger charge is 2.33. The number of hydrogen-bond acceptors (Lipinski definition) is 3. The third kappa shape index (κ3) is 5.06. The summed E-state index contributed by atoms with van der Waals surface area (Å²) in [7, 11) is 1.92. The molecule has 0 saturated heterocycles. The van der Waals surface area contributed by atoms with Gasteiger partial charge in [0.2, 0.25) is 0 Å². The second-order valence-corrected chi connectivity index (χ2v) is 7.39. The van der Waals surface area contributed by atoms with Crippen molar-refractivity contribution in [2.45, 2.75) is 51.9 Å². The number of allylic oxidation sites excluding steroid dienone is 6. The second-order valence-electron chi connectivity index (χ2n) is 7.39. The van der Waals surface area contributed by atoms with Gasteiger partial charge in [0, 0.05) is 25.4 Å². The number of halogens is 4. The molecule has 0 saturated carbocycles. The predicted molar refractivity (Wildman–Crippen MR) is 114 cm³/mol. The fourth-order valence-corrected chi connectivity index (χ4v) is 3.76. The van der Waals surface area contributed by atoms with Crippen LogP contribution in [-0.2, 0) is 6.54 Å². The SMILES string of the molecule is C\C=C(F)/C(=C\C(=C\CC)C(F)(F)F)c1cc2n(n1)CCCC2N(C)c1ccccn1. The number of anilines is 1. The standard InChI is InChI=1S/C23H26F4N4/c1-4-9-16(23(25,26)27)14-17(18(24)5-2)19-15-21-20(10-8-13-31(21)29-19)30(3)22-11-6-7-12-28-22/h5-7,9,11-12,14-15,20H,4,8,10,13H2,1-3H3/b16-9-,17-14+,18-5+. The maximum absolute atomic E-state index is 14.7. The van der Waals surface area contributed by atoms with Crippen LogP contribution >= 0.6 is 0 Å². The molecule has 1 atom stereocenters. The normalized spacial score (nSPS) is 18.2. The average molecular weight is 434 g/mol. The lowest BCUT2D eigenvalue weighted by atomic mass is 10.0. The Bertz CT molecular complexity index is 987. The molecule has 0 spiro atoms. The Morgan fingerprint density at radius 1 is 1.32 bits per heavy atom. The molecule has 1 unspecified atom stereocenters. The lowest BCUT2D eigenvalue weighted by Crippen LogP contribution is -2.30. The zero-order chi connectivity index (χ0) is 22.6. The van der Waals surface area contributed by atoms with E-state index in [1.54, 1.807) is 23.9 Å². The molecule has 31 heavy (non-hydrogen) atoms. The van der Waals surface area contributed by atoms with Crippen LogP contribution in [0.3, 0.4) is 0 Å². The molecule has 0 radical (unpaired) electrons. The Morgan fingerprint density at radius 2 is 2.10 bits per heavy atom. The van der Waals surface area contributed by atoms with Gasteiger partial charge in [-0.05, 0) is 50.5 Å². The molecular weight excluding hydrogens is 408 g/mol. The summed E-state index contributed by atoms with van der Waals surface area (Å²) >= 11 is 0. The van der Waals surface area contributed by atoms with E-state index in [1.807, 2.05) is 30.1 Å². The van der Waals surface area contributed by atoms with E-state index < -0.39 is 17.6 Å². The molecule has 0 bridgehead atoms. The number of aryl methyl sites for hydroxylation is 1. The smallest absolute Gasteiger partial charge is 0.351 e. The average Bonchev–Trinajstić information content (AvgIpc) is 3.19. The monoisotopic (exact) mass is 434 g/mol. The molecule has 4 nitrogen and oxygen atoms in total. The van der Waals surface area contributed by atoms with E-state index in [0.717, 1.165) is 42.6 Å². The van der Waals surface area contributed by atoms with Gasteiger partial charge in [0.1, 0.15) is 11.6 Å². The number of pyridine rings is 1. The molecule has 3 rings (SSSR count). The van der Waals surface area contributed by atoms with E-state index in [1.165, 1.54) is 6.92 Å². The molecule has 1 aliphatic heterocycles. The Labute approximate surface area is 179 Å². The van der Waals surface area contributed by atoms with Crippen molar-refractivity contribution in [1.82, 2.24) is 14.8 Å². The van der Waals surface area contributed by atoms with Gasteiger partial charge in [-0.2, -0.15) is 18.3 Å². The number of aromatic nitrogens is 3. The van der Waals surface area contributed by atoms with Crippen LogP contribution in [0.5, 0.6) is 0 Å². The Morgan fingerprint density at radius 3 is 2.71 bits per heavy atom.